The fourth-order valence-corrected chi connectivity index (χ4v) is 3.83. The van der Waals surface area contributed by atoms with Crippen molar-refractivity contribution in [2.45, 2.75) is 39.7 Å². The smallest absolute Gasteiger partial charge is 0.282 e. The highest BCUT2D eigenvalue weighted by molar-refractivity contribution is 9.10. The SMILES string of the molecule is CCc1nc2ccc(Br)cc2c(=O)n1N=Cc1c(O[C@H](C)CC)ccc2ccccc12. The van der Waals surface area contributed by atoms with E-state index in [2.05, 4.69) is 39.0 Å². The predicted molar refractivity (Wildman–Crippen MR) is 130 cm³/mol. The highest BCUT2D eigenvalue weighted by Gasteiger charge is 2.12. The van der Waals surface area contributed by atoms with Crippen LogP contribution in [0.2, 0.25) is 0 Å². The predicted octanol–water partition coefficient (Wildman–Crippen LogP) is 5.93. The van der Waals surface area contributed by atoms with Gasteiger partial charge in [-0.1, -0.05) is 60.1 Å². The number of hydrogen-bond acceptors (Lipinski definition) is 4. The Morgan fingerprint density at radius 2 is 1.94 bits per heavy atom. The van der Waals surface area contributed by atoms with Crippen LogP contribution in [0.15, 0.2) is 69.0 Å². The molecule has 0 N–H and O–H groups in total. The summed E-state index contributed by atoms with van der Waals surface area (Å²) in [4.78, 5) is 17.9. The van der Waals surface area contributed by atoms with E-state index < -0.39 is 0 Å². The van der Waals surface area contributed by atoms with Crippen LogP contribution in [-0.4, -0.2) is 22.0 Å². The van der Waals surface area contributed by atoms with Crippen molar-refractivity contribution in [2.24, 2.45) is 5.10 Å². The van der Waals surface area contributed by atoms with Crippen molar-refractivity contribution in [1.82, 2.24) is 9.66 Å². The van der Waals surface area contributed by atoms with Crippen LogP contribution in [-0.2, 0) is 6.42 Å². The lowest BCUT2D eigenvalue weighted by Crippen LogP contribution is -2.22. The Hall–Kier alpha value is -2.99. The fraction of sp³-hybridized carbons (Fsp3) is 0.240. The van der Waals surface area contributed by atoms with Crippen LogP contribution in [0.25, 0.3) is 21.7 Å². The summed E-state index contributed by atoms with van der Waals surface area (Å²) in [5.41, 5.74) is 1.33. The average molecular weight is 478 g/mol. The molecule has 0 saturated heterocycles. The maximum absolute atomic E-state index is 13.2. The van der Waals surface area contributed by atoms with Gasteiger partial charge in [0.15, 0.2) is 0 Å². The Bertz CT molecular complexity index is 1340. The van der Waals surface area contributed by atoms with Gasteiger partial charge < -0.3 is 4.74 Å². The molecular weight excluding hydrogens is 454 g/mol. The van der Waals surface area contributed by atoms with Crippen LogP contribution in [0, 0.1) is 0 Å². The minimum atomic E-state index is -0.191. The first kappa shape index (κ1) is 21.2. The van der Waals surface area contributed by atoms with E-state index in [4.69, 9.17) is 4.74 Å². The van der Waals surface area contributed by atoms with Crippen molar-refractivity contribution < 1.29 is 4.74 Å². The minimum Gasteiger partial charge on any atom is -0.490 e. The van der Waals surface area contributed by atoms with E-state index >= 15 is 0 Å². The van der Waals surface area contributed by atoms with Crippen LogP contribution in [0.1, 0.15) is 38.6 Å². The molecule has 31 heavy (non-hydrogen) atoms. The van der Waals surface area contributed by atoms with Gasteiger partial charge in [-0.2, -0.15) is 9.78 Å². The van der Waals surface area contributed by atoms with Crippen molar-refractivity contribution in [3.63, 3.8) is 0 Å². The number of aromatic nitrogens is 2. The van der Waals surface area contributed by atoms with E-state index in [9.17, 15) is 4.79 Å². The van der Waals surface area contributed by atoms with Gasteiger partial charge >= 0.3 is 0 Å². The third-order valence-electron chi connectivity index (χ3n) is 5.33. The molecule has 4 aromatic rings. The Balaban J connectivity index is 1.90. The molecule has 3 aromatic carbocycles. The summed E-state index contributed by atoms with van der Waals surface area (Å²) in [7, 11) is 0. The van der Waals surface area contributed by atoms with E-state index in [-0.39, 0.29) is 11.7 Å². The van der Waals surface area contributed by atoms with Crippen molar-refractivity contribution >= 4 is 43.8 Å². The Kier molecular flexibility index (Phi) is 6.18. The lowest BCUT2D eigenvalue weighted by molar-refractivity contribution is 0.217. The van der Waals surface area contributed by atoms with Crippen molar-refractivity contribution in [1.29, 1.82) is 0 Å². The highest BCUT2D eigenvalue weighted by atomic mass is 79.9. The number of rotatable bonds is 6. The van der Waals surface area contributed by atoms with Gasteiger partial charge in [0, 0.05) is 16.5 Å². The number of hydrogen-bond donors (Lipinski definition) is 0. The summed E-state index contributed by atoms with van der Waals surface area (Å²) in [5.74, 6) is 1.36. The maximum Gasteiger partial charge on any atom is 0.282 e. The zero-order valence-corrected chi connectivity index (χ0v) is 19.4. The number of ether oxygens (including phenoxy) is 1. The van der Waals surface area contributed by atoms with Crippen LogP contribution >= 0.6 is 15.9 Å². The average Bonchev–Trinajstić information content (AvgIpc) is 2.79. The van der Waals surface area contributed by atoms with Crippen molar-refractivity contribution in [3.05, 3.63) is 80.8 Å². The van der Waals surface area contributed by atoms with Gasteiger partial charge in [0.1, 0.15) is 11.6 Å². The molecule has 158 valence electrons. The summed E-state index contributed by atoms with van der Waals surface area (Å²) < 4.78 is 8.39. The van der Waals surface area contributed by atoms with Gasteiger partial charge in [-0.25, -0.2) is 4.98 Å². The van der Waals surface area contributed by atoms with Gasteiger partial charge in [0.25, 0.3) is 5.56 Å². The molecule has 1 heterocycles. The standard InChI is InChI=1S/C25H24BrN3O2/c1-4-16(3)31-23-13-10-17-8-6-7-9-19(17)21(23)15-27-29-24(5-2)28-22-12-11-18(26)14-20(22)25(29)30/h6-16H,4-5H2,1-3H3/t16-/m1/s1. The molecule has 1 atom stereocenters. The molecule has 0 aliphatic rings. The molecule has 0 amide bonds. The second-order valence-electron chi connectivity index (χ2n) is 7.44. The minimum absolute atomic E-state index is 0.0712. The third kappa shape index (κ3) is 4.26. The molecule has 0 saturated carbocycles. The molecule has 0 aliphatic heterocycles. The van der Waals surface area contributed by atoms with Gasteiger partial charge in [-0.15, -0.1) is 0 Å². The Morgan fingerprint density at radius 1 is 1.13 bits per heavy atom. The first-order valence-corrected chi connectivity index (χ1v) is 11.2. The van der Waals surface area contributed by atoms with Crippen LogP contribution in [0.3, 0.4) is 0 Å². The molecule has 1 aromatic heterocycles. The maximum atomic E-state index is 13.2. The van der Waals surface area contributed by atoms with E-state index in [0.29, 0.717) is 23.1 Å². The number of aryl methyl sites for hydroxylation is 1. The zero-order chi connectivity index (χ0) is 22.0. The highest BCUT2D eigenvalue weighted by Crippen LogP contribution is 2.28. The molecule has 0 spiro atoms. The molecule has 6 heteroatoms. The zero-order valence-electron chi connectivity index (χ0n) is 17.8. The molecule has 0 radical (unpaired) electrons. The Labute approximate surface area is 189 Å². The van der Waals surface area contributed by atoms with E-state index in [1.165, 1.54) is 4.68 Å². The van der Waals surface area contributed by atoms with Crippen LogP contribution < -0.4 is 10.3 Å². The van der Waals surface area contributed by atoms with E-state index in [1.807, 2.05) is 56.3 Å². The molecule has 0 unspecified atom stereocenters. The lowest BCUT2D eigenvalue weighted by atomic mass is 10.0. The summed E-state index contributed by atoms with van der Waals surface area (Å²) in [6.45, 7) is 6.10. The number of fused-ring (bicyclic) bond motifs is 2. The van der Waals surface area contributed by atoms with Crippen LogP contribution in [0.5, 0.6) is 5.75 Å². The van der Waals surface area contributed by atoms with E-state index in [1.54, 1.807) is 12.3 Å². The quantitative estimate of drug-likeness (QED) is 0.323. The summed E-state index contributed by atoms with van der Waals surface area (Å²) in [6.07, 6.45) is 3.27. The Morgan fingerprint density at radius 3 is 2.71 bits per heavy atom. The third-order valence-corrected chi connectivity index (χ3v) is 5.82. The molecule has 4 rings (SSSR count). The van der Waals surface area contributed by atoms with Crippen molar-refractivity contribution in [3.8, 4) is 5.75 Å². The number of nitrogens with zero attached hydrogens (tertiary/aromatic N) is 3. The van der Waals surface area contributed by atoms with Gasteiger partial charge in [0.05, 0.1) is 23.2 Å². The molecule has 0 fully saturated rings. The first-order valence-electron chi connectivity index (χ1n) is 10.5. The number of halogens is 1. The monoisotopic (exact) mass is 477 g/mol. The number of benzene rings is 3. The second-order valence-corrected chi connectivity index (χ2v) is 8.36. The van der Waals surface area contributed by atoms with Gasteiger partial charge in [-0.05, 0) is 48.4 Å². The fourth-order valence-electron chi connectivity index (χ4n) is 3.47. The molecule has 0 aliphatic carbocycles. The lowest BCUT2D eigenvalue weighted by Gasteiger charge is -2.16. The van der Waals surface area contributed by atoms with Crippen molar-refractivity contribution in [2.75, 3.05) is 0 Å². The largest absolute Gasteiger partial charge is 0.490 e. The van der Waals surface area contributed by atoms with Gasteiger partial charge in [0.2, 0.25) is 0 Å². The topological polar surface area (TPSA) is 56.5 Å². The van der Waals surface area contributed by atoms with Gasteiger partial charge in [-0.3, -0.25) is 4.79 Å². The van der Waals surface area contributed by atoms with Crippen LogP contribution in [0.4, 0.5) is 0 Å². The van der Waals surface area contributed by atoms with E-state index in [0.717, 1.165) is 33.0 Å². The summed E-state index contributed by atoms with van der Waals surface area (Å²) >= 11 is 3.44. The second kappa shape index (κ2) is 9.02. The molecule has 5 nitrogen and oxygen atoms in total. The molecular formula is C25H24BrN3O2. The first-order chi connectivity index (χ1) is 15.0. The molecule has 0 bridgehead atoms. The summed E-state index contributed by atoms with van der Waals surface area (Å²) in [6, 6.07) is 17.6. The summed E-state index contributed by atoms with van der Waals surface area (Å²) in [5, 5.41) is 7.23. The normalized spacial score (nSPS) is 12.6.